The van der Waals surface area contributed by atoms with Crippen LogP contribution in [0.25, 0.3) is 11.0 Å². The van der Waals surface area contributed by atoms with Gasteiger partial charge in [-0.05, 0) is 35.4 Å². The SMILES string of the molecule is O=C(Cc1noc2ccc(CN3CCOCC3)cc2c1=O)NCc1ccc(Cl)cc1. The van der Waals surface area contributed by atoms with E-state index in [1.807, 2.05) is 24.3 Å². The Balaban J connectivity index is 1.45. The Bertz CT molecular complexity index is 1090. The van der Waals surface area contributed by atoms with E-state index >= 15 is 0 Å². The number of hydrogen-bond acceptors (Lipinski definition) is 6. The predicted molar refractivity (Wildman–Crippen MR) is 113 cm³/mol. The van der Waals surface area contributed by atoms with E-state index in [9.17, 15) is 9.59 Å². The van der Waals surface area contributed by atoms with E-state index in [1.165, 1.54) is 0 Å². The third-order valence-corrected chi connectivity index (χ3v) is 5.30. The molecule has 1 fully saturated rings. The highest BCUT2D eigenvalue weighted by molar-refractivity contribution is 6.30. The number of carbonyl (C=O) groups excluding carboxylic acids is 1. The standard InChI is InChI=1S/C22H22ClN3O4/c23-17-4-1-15(2-5-17)13-24-21(27)12-19-22(28)18-11-16(3-6-20(18)30-25-19)14-26-7-9-29-10-8-26/h1-6,11H,7-10,12-14H2,(H,24,27). The van der Waals surface area contributed by atoms with Crippen molar-refractivity contribution in [1.29, 1.82) is 0 Å². The van der Waals surface area contributed by atoms with E-state index in [-0.39, 0.29) is 23.5 Å². The summed E-state index contributed by atoms with van der Waals surface area (Å²) in [6.45, 7) is 4.24. The molecule has 0 bridgehead atoms. The lowest BCUT2D eigenvalue weighted by molar-refractivity contribution is -0.120. The number of rotatable bonds is 6. The molecule has 30 heavy (non-hydrogen) atoms. The summed E-state index contributed by atoms with van der Waals surface area (Å²) in [7, 11) is 0. The van der Waals surface area contributed by atoms with Gasteiger partial charge in [0, 0.05) is 31.2 Å². The van der Waals surface area contributed by atoms with Crippen molar-refractivity contribution < 1.29 is 14.1 Å². The molecule has 7 nitrogen and oxygen atoms in total. The molecule has 156 valence electrons. The largest absolute Gasteiger partial charge is 0.379 e. The van der Waals surface area contributed by atoms with E-state index in [2.05, 4.69) is 15.4 Å². The fourth-order valence-electron chi connectivity index (χ4n) is 3.38. The van der Waals surface area contributed by atoms with E-state index in [0.717, 1.165) is 44.0 Å². The predicted octanol–water partition coefficient (Wildman–Crippen LogP) is 2.53. The Kier molecular flexibility index (Phi) is 6.42. The molecule has 2 aromatic carbocycles. The number of nitrogens with zero attached hydrogens (tertiary/aromatic N) is 2. The zero-order valence-electron chi connectivity index (χ0n) is 16.4. The summed E-state index contributed by atoms with van der Waals surface area (Å²) in [6, 6.07) is 12.7. The first-order chi connectivity index (χ1) is 14.6. The second kappa shape index (κ2) is 9.38. The average Bonchev–Trinajstić information content (AvgIpc) is 2.76. The number of aromatic nitrogens is 1. The van der Waals surface area contributed by atoms with Crippen LogP contribution in [0.4, 0.5) is 0 Å². The third kappa shape index (κ3) is 5.05. The number of ether oxygens (including phenoxy) is 1. The van der Waals surface area contributed by atoms with Crippen LogP contribution in [0.2, 0.25) is 5.02 Å². The van der Waals surface area contributed by atoms with Crippen molar-refractivity contribution in [3.05, 3.63) is 74.5 Å². The molecular weight excluding hydrogens is 406 g/mol. The van der Waals surface area contributed by atoms with Gasteiger partial charge in [0.05, 0.1) is 25.0 Å². The first-order valence-electron chi connectivity index (χ1n) is 9.81. The molecule has 0 saturated carbocycles. The fourth-order valence-corrected chi connectivity index (χ4v) is 3.51. The van der Waals surface area contributed by atoms with Crippen molar-refractivity contribution in [2.24, 2.45) is 0 Å². The monoisotopic (exact) mass is 427 g/mol. The fraction of sp³-hybridized carbons (Fsp3) is 0.318. The lowest BCUT2D eigenvalue weighted by atomic mass is 10.1. The number of fused-ring (bicyclic) bond motifs is 1. The summed E-state index contributed by atoms with van der Waals surface area (Å²) >= 11 is 5.86. The normalized spacial score (nSPS) is 14.7. The molecule has 0 unspecified atom stereocenters. The van der Waals surface area contributed by atoms with Gasteiger partial charge in [-0.2, -0.15) is 0 Å². The summed E-state index contributed by atoms with van der Waals surface area (Å²) in [5.74, 6) is -0.298. The Morgan fingerprint density at radius 3 is 2.60 bits per heavy atom. The van der Waals surface area contributed by atoms with Gasteiger partial charge in [-0.3, -0.25) is 14.5 Å². The molecule has 1 saturated heterocycles. The van der Waals surface area contributed by atoms with Crippen molar-refractivity contribution in [3.63, 3.8) is 0 Å². The van der Waals surface area contributed by atoms with Crippen LogP contribution in [-0.4, -0.2) is 42.3 Å². The van der Waals surface area contributed by atoms with Crippen LogP contribution in [0.3, 0.4) is 0 Å². The van der Waals surface area contributed by atoms with Gasteiger partial charge in [0.15, 0.2) is 5.58 Å². The number of amides is 1. The zero-order valence-corrected chi connectivity index (χ0v) is 17.2. The summed E-state index contributed by atoms with van der Waals surface area (Å²) in [4.78, 5) is 27.4. The molecule has 1 amide bonds. The molecule has 3 aromatic rings. The minimum absolute atomic E-state index is 0.0969. The number of nitrogens with one attached hydrogen (secondary N) is 1. The van der Waals surface area contributed by atoms with Crippen LogP contribution >= 0.6 is 11.6 Å². The molecule has 1 aromatic heterocycles. The van der Waals surface area contributed by atoms with Gasteiger partial charge in [-0.15, -0.1) is 0 Å². The molecule has 0 aliphatic carbocycles. The van der Waals surface area contributed by atoms with E-state index in [4.69, 9.17) is 20.9 Å². The zero-order chi connectivity index (χ0) is 20.9. The third-order valence-electron chi connectivity index (χ3n) is 5.05. The molecule has 8 heteroatoms. The van der Waals surface area contributed by atoms with Crippen LogP contribution in [0.5, 0.6) is 0 Å². The first-order valence-corrected chi connectivity index (χ1v) is 10.2. The van der Waals surface area contributed by atoms with Gasteiger partial charge in [0.2, 0.25) is 11.3 Å². The second-order valence-electron chi connectivity index (χ2n) is 7.26. The van der Waals surface area contributed by atoms with Crippen molar-refractivity contribution >= 4 is 28.5 Å². The van der Waals surface area contributed by atoms with Gasteiger partial charge in [0.1, 0.15) is 5.69 Å². The molecule has 0 atom stereocenters. The topological polar surface area (TPSA) is 84.7 Å². The van der Waals surface area contributed by atoms with Crippen molar-refractivity contribution in [2.75, 3.05) is 26.3 Å². The summed E-state index contributed by atoms with van der Waals surface area (Å²) in [6.07, 6.45) is -0.139. The van der Waals surface area contributed by atoms with Gasteiger partial charge in [-0.25, -0.2) is 0 Å². The lowest BCUT2D eigenvalue weighted by Gasteiger charge is -2.26. The van der Waals surface area contributed by atoms with Gasteiger partial charge in [-0.1, -0.05) is 35.0 Å². The number of halogens is 1. The highest BCUT2D eigenvalue weighted by Crippen LogP contribution is 2.15. The van der Waals surface area contributed by atoms with Gasteiger partial charge in [0.25, 0.3) is 0 Å². The number of morpholine rings is 1. The van der Waals surface area contributed by atoms with Crippen LogP contribution in [0.15, 0.2) is 51.8 Å². The van der Waals surface area contributed by atoms with Crippen LogP contribution < -0.4 is 10.7 Å². The van der Waals surface area contributed by atoms with Crippen molar-refractivity contribution in [3.8, 4) is 0 Å². The molecule has 1 aliphatic heterocycles. The van der Waals surface area contributed by atoms with E-state index in [1.54, 1.807) is 18.2 Å². The second-order valence-corrected chi connectivity index (χ2v) is 7.69. The summed E-state index contributed by atoms with van der Waals surface area (Å²) < 4.78 is 10.7. The number of hydrogen-bond donors (Lipinski definition) is 1. The molecule has 0 radical (unpaired) electrons. The van der Waals surface area contributed by atoms with E-state index in [0.29, 0.717) is 22.5 Å². The molecular formula is C22H22ClN3O4. The Morgan fingerprint density at radius 1 is 1.10 bits per heavy atom. The van der Waals surface area contributed by atoms with Crippen LogP contribution in [0, 0.1) is 0 Å². The maximum Gasteiger partial charge on any atom is 0.226 e. The molecule has 1 aliphatic rings. The average molecular weight is 428 g/mol. The van der Waals surface area contributed by atoms with Crippen molar-refractivity contribution in [2.45, 2.75) is 19.5 Å². The molecule has 4 rings (SSSR count). The van der Waals surface area contributed by atoms with Gasteiger partial charge >= 0.3 is 0 Å². The van der Waals surface area contributed by atoms with E-state index < -0.39 is 0 Å². The Labute approximate surface area is 178 Å². The smallest absolute Gasteiger partial charge is 0.226 e. The quantitative estimate of drug-likeness (QED) is 0.650. The van der Waals surface area contributed by atoms with Gasteiger partial charge < -0.3 is 14.6 Å². The lowest BCUT2D eigenvalue weighted by Crippen LogP contribution is -2.35. The highest BCUT2D eigenvalue weighted by Gasteiger charge is 2.15. The number of carbonyl (C=O) groups is 1. The molecule has 1 N–H and O–H groups in total. The maximum atomic E-state index is 12.9. The highest BCUT2D eigenvalue weighted by atomic mass is 35.5. The molecule has 0 spiro atoms. The molecule has 2 heterocycles. The summed E-state index contributed by atoms with van der Waals surface area (Å²) in [5, 5.41) is 7.73. The maximum absolute atomic E-state index is 12.9. The minimum atomic E-state index is -0.298. The number of benzene rings is 2. The van der Waals surface area contributed by atoms with Crippen molar-refractivity contribution in [1.82, 2.24) is 15.4 Å². The Hall–Kier alpha value is -2.74. The summed E-state index contributed by atoms with van der Waals surface area (Å²) in [5.41, 5.74) is 2.16. The minimum Gasteiger partial charge on any atom is -0.379 e. The Morgan fingerprint density at radius 2 is 1.83 bits per heavy atom. The van der Waals surface area contributed by atoms with Crippen LogP contribution in [-0.2, 0) is 29.0 Å². The first kappa shape index (κ1) is 20.5. The van der Waals surface area contributed by atoms with Crippen LogP contribution in [0.1, 0.15) is 16.8 Å².